The summed E-state index contributed by atoms with van der Waals surface area (Å²) in [4.78, 5) is 23.6. The number of hydrogen-bond donors (Lipinski definition) is 1. The fourth-order valence-corrected chi connectivity index (χ4v) is 4.51. The van der Waals surface area contributed by atoms with E-state index in [1.54, 1.807) is 6.20 Å². The van der Waals surface area contributed by atoms with Crippen molar-refractivity contribution < 1.29 is 18.3 Å². The molecule has 3 rings (SSSR count). The lowest BCUT2D eigenvalue weighted by Gasteiger charge is -2.33. The first-order chi connectivity index (χ1) is 13.3. The number of carbonyl (C=O) groups is 1. The van der Waals surface area contributed by atoms with Gasteiger partial charge in [-0.1, -0.05) is 0 Å². The van der Waals surface area contributed by atoms with E-state index in [1.807, 2.05) is 6.07 Å². The number of hydrogen-bond acceptors (Lipinski definition) is 6. The molecule has 0 spiro atoms. The summed E-state index contributed by atoms with van der Waals surface area (Å²) in [6, 6.07) is 3.33. The van der Waals surface area contributed by atoms with E-state index in [2.05, 4.69) is 15.0 Å². The summed E-state index contributed by atoms with van der Waals surface area (Å²) in [6.07, 6.45) is 6.64. The standard InChI is InChI=1S/C18H23N5O4S/c1-22(2)28(26,27)23-5-3-4-13(11-23)6-16-8-17(21-12-20-16)14-7-15(18(24)25)10-19-9-14/h7-10,12-13H,3-6,11H2,1-2H3,(H,24,25)/t13-/m0/s1. The number of pyridine rings is 1. The van der Waals surface area contributed by atoms with Crippen LogP contribution in [0, 0.1) is 5.92 Å². The van der Waals surface area contributed by atoms with E-state index in [4.69, 9.17) is 5.11 Å². The Morgan fingerprint density at radius 3 is 2.79 bits per heavy atom. The molecule has 0 saturated carbocycles. The molecule has 0 aliphatic carbocycles. The van der Waals surface area contributed by atoms with Crippen molar-refractivity contribution in [3.05, 3.63) is 42.1 Å². The Kier molecular flexibility index (Phi) is 6.01. The van der Waals surface area contributed by atoms with E-state index in [1.165, 1.54) is 41.3 Å². The van der Waals surface area contributed by atoms with Crippen LogP contribution in [0.4, 0.5) is 0 Å². The van der Waals surface area contributed by atoms with E-state index in [-0.39, 0.29) is 11.5 Å². The molecule has 0 aromatic carbocycles. The molecule has 2 aromatic heterocycles. The Labute approximate surface area is 164 Å². The maximum atomic E-state index is 12.4. The van der Waals surface area contributed by atoms with Crippen molar-refractivity contribution in [1.82, 2.24) is 23.6 Å². The van der Waals surface area contributed by atoms with Crippen LogP contribution in [0.25, 0.3) is 11.3 Å². The summed E-state index contributed by atoms with van der Waals surface area (Å²) in [5.41, 5.74) is 2.08. The van der Waals surface area contributed by atoms with Crippen LogP contribution in [-0.2, 0) is 16.6 Å². The normalized spacial score (nSPS) is 18.3. The van der Waals surface area contributed by atoms with Crippen LogP contribution in [0.3, 0.4) is 0 Å². The molecule has 28 heavy (non-hydrogen) atoms. The highest BCUT2D eigenvalue weighted by Crippen LogP contribution is 2.24. The highest BCUT2D eigenvalue weighted by atomic mass is 32.2. The molecule has 1 aliphatic heterocycles. The number of aromatic nitrogens is 3. The van der Waals surface area contributed by atoms with E-state index >= 15 is 0 Å². The molecular formula is C18H23N5O4S. The second-order valence-electron chi connectivity index (χ2n) is 7.02. The molecule has 10 heteroatoms. The maximum absolute atomic E-state index is 12.4. The summed E-state index contributed by atoms with van der Waals surface area (Å²) < 4.78 is 27.5. The van der Waals surface area contributed by atoms with Gasteiger partial charge in [-0.3, -0.25) is 4.98 Å². The Bertz CT molecular complexity index is 964. The summed E-state index contributed by atoms with van der Waals surface area (Å²) in [7, 11) is -0.346. The fraction of sp³-hybridized carbons (Fsp3) is 0.444. The van der Waals surface area contributed by atoms with Crippen LogP contribution >= 0.6 is 0 Å². The molecule has 0 unspecified atom stereocenters. The van der Waals surface area contributed by atoms with Gasteiger partial charge in [0.2, 0.25) is 0 Å². The van der Waals surface area contributed by atoms with E-state index < -0.39 is 16.2 Å². The second-order valence-corrected chi connectivity index (χ2v) is 9.16. The first kappa shape index (κ1) is 20.3. The lowest BCUT2D eigenvalue weighted by Crippen LogP contribution is -2.45. The lowest BCUT2D eigenvalue weighted by molar-refractivity contribution is 0.0696. The Morgan fingerprint density at radius 1 is 1.29 bits per heavy atom. The molecule has 9 nitrogen and oxygen atoms in total. The van der Waals surface area contributed by atoms with Crippen LogP contribution in [0.15, 0.2) is 30.9 Å². The zero-order chi connectivity index (χ0) is 20.3. The van der Waals surface area contributed by atoms with Crippen molar-refractivity contribution in [3.8, 4) is 11.3 Å². The fourth-order valence-electron chi connectivity index (χ4n) is 3.29. The zero-order valence-electron chi connectivity index (χ0n) is 15.8. The third kappa shape index (κ3) is 4.51. The molecule has 1 fully saturated rings. The number of aromatic carboxylic acids is 1. The van der Waals surface area contributed by atoms with Gasteiger partial charge in [-0.15, -0.1) is 0 Å². The predicted octanol–water partition coefficient (Wildman–Crippen LogP) is 1.30. The smallest absolute Gasteiger partial charge is 0.337 e. The van der Waals surface area contributed by atoms with Gasteiger partial charge in [0.15, 0.2) is 0 Å². The van der Waals surface area contributed by atoms with Crippen LogP contribution in [0.1, 0.15) is 28.9 Å². The monoisotopic (exact) mass is 405 g/mol. The van der Waals surface area contributed by atoms with Gasteiger partial charge in [0, 0.05) is 50.8 Å². The maximum Gasteiger partial charge on any atom is 0.337 e. The molecule has 0 radical (unpaired) electrons. The number of nitrogens with zero attached hydrogens (tertiary/aromatic N) is 5. The minimum absolute atomic E-state index is 0.0921. The minimum atomic E-state index is -3.42. The summed E-state index contributed by atoms with van der Waals surface area (Å²) in [6.45, 7) is 0.982. The van der Waals surface area contributed by atoms with Crippen molar-refractivity contribution >= 4 is 16.2 Å². The topological polar surface area (TPSA) is 117 Å². The third-order valence-electron chi connectivity index (χ3n) is 4.77. The first-order valence-corrected chi connectivity index (χ1v) is 10.3. The van der Waals surface area contributed by atoms with Crippen LogP contribution in [0.2, 0.25) is 0 Å². The molecule has 2 aromatic rings. The minimum Gasteiger partial charge on any atom is -0.478 e. The van der Waals surface area contributed by atoms with E-state index in [9.17, 15) is 13.2 Å². The molecule has 1 saturated heterocycles. The second kappa shape index (κ2) is 8.29. The van der Waals surface area contributed by atoms with Gasteiger partial charge in [0.05, 0.1) is 11.3 Å². The van der Waals surface area contributed by atoms with E-state index in [0.29, 0.717) is 30.8 Å². The lowest BCUT2D eigenvalue weighted by atomic mass is 9.94. The van der Waals surface area contributed by atoms with Gasteiger partial charge >= 0.3 is 5.97 Å². The number of rotatable bonds is 6. The molecule has 1 atom stereocenters. The number of piperidine rings is 1. The predicted molar refractivity (Wildman–Crippen MR) is 103 cm³/mol. The third-order valence-corrected chi connectivity index (χ3v) is 6.68. The van der Waals surface area contributed by atoms with Gasteiger partial charge in [0.1, 0.15) is 6.33 Å². The van der Waals surface area contributed by atoms with Gasteiger partial charge in [-0.25, -0.2) is 14.8 Å². The van der Waals surface area contributed by atoms with Gasteiger partial charge in [-0.05, 0) is 37.3 Å². The zero-order valence-corrected chi connectivity index (χ0v) is 16.6. The highest BCUT2D eigenvalue weighted by molar-refractivity contribution is 7.86. The van der Waals surface area contributed by atoms with Gasteiger partial charge in [0.25, 0.3) is 10.2 Å². The molecule has 0 amide bonds. The summed E-state index contributed by atoms with van der Waals surface area (Å²) in [5.74, 6) is -0.886. The molecule has 1 N–H and O–H groups in total. The van der Waals surface area contributed by atoms with Crippen molar-refractivity contribution in [2.75, 3.05) is 27.2 Å². The van der Waals surface area contributed by atoms with Gasteiger partial charge in [-0.2, -0.15) is 17.0 Å². The molecule has 150 valence electrons. The van der Waals surface area contributed by atoms with Crippen molar-refractivity contribution in [2.24, 2.45) is 5.92 Å². The Morgan fingerprint density at radius 2 is 2.07 bits per heavy atom. The average Bonchev–Trinajstić information content (AvgIpc) is 2.68. The Balaban J connectivity index is 1.76. The SMILES string of the molecule is CN(C)S(=O)(=O)N1CCC[C@@H](Cc2cc(-c3cncc(C(=O)O)c3)ncn2)C1. The van der Waals surface area contributed by atoms with E-state index in [0.717, 1.165) is 18.5 Å². The first-order valence-electron chi connectivity index (χ1n) is 8.94. The summed E-state index contributed by atoms with van der Waals surface area (Å²) >= 11 is 0. The van der Waals surface area contributed by atoms with Crippen LogP contribution in [-0.4, -0.2) is 70.2 Å². The van der Waals surface area contributed by atoms with Crippen molar-refractivity contribution in [2.45, 2.75) is 19.3 Å². The number of carboxylic acid groups (broad SMARTS) is 1. The molecule has 1 aliphatic rings. The summed E-state index contributed by atoms with van der Waals surface area (Å²) in [5, 5.41) is 9.13. The number of carboxylic acids is 1. The average molecular weight is 405 g/mol. The largest absolute Gasteiger partial charge is 0.478 e. The van der Waals surface area contributed by atoms with Gasteiger partial charge < -0.3 is 5.11 Å². The molecular weight excluding hydrogens is 382 g/mol. The van der Waals surface area contributed by atoms with Crippen LogP contribution < -0.4 is 0 Å². The van der Waals surface area contributed by atoms with Crippen molar-refractivity contribution in [3.63, 3.8) is 0 Å². The molecule has 3 heterocycles. The highest BCUT2D eigenvalue weighted by Gasteiger charge is 2.30. The van der Waals surface area contributed by atoms with Crippen molar-refractivity contribution in [1.29, 1.82) is 0 Å². The Hall–Kier alpha value is -2.43. The van der Waals surface area contributed by atoms with Crippen LogP contribution in [0.5, 0.6) is 0 Å². The quantitative estimate of drug-likeness (QED) is 0.770. The molecule has 0 bridgehead atoms.